The van der Waals surface area contributed by atoms with E-state index in [-0.39, 0.29) is 25.5 Å². The molecule has 2 unspecified atom stereocenters. The Labute approximate surface area is 341 Å². The van der Waals surface area contributed by atoms with Crippen molar-refractivity contribution in [3.05, 3.63) is 49.1 Å². The molecule has 3 aliphatic carbocycles. The quantitative estimate of drug-likeness (QED) is 0.146. The molecule has 3 N–H and O–H groups in total. The van der Waals surface area contributed by atoms with E-state index in [0.29, 0.717) is 63.1 Å². The minimum Gasteiger partial charge on any atom is -0.497 e. The first-order chi connectivity index (χ1) is 28.2. The summed E-state index contributed by atoms with van der Waals surface area (Å²) in [5.41, 5.74) is 0.327. The predicted molar refractivity (Wildman–Crippen MR) is 216 cm³/mol. The normalized spacial score (nSPS) is 23.6. The lowest BCUT2D eigenvalue weighted by Gasteiger charge is -2.31. The van der Waals surface area contributed by atoms with E-state index in [2.05, 4.69) is 21.9 Å². The largest absolute Gasteiger partial charge is 0.497 e. The zero-order chi connectivity index (χ0) is 41.8. The van der Waals surface area contributed by atoms with Gasteiger partial charge in [-0.3, -0.25) is 19.1 Å². The number of hydrogen-bond donors (Lipinski definition) is 3. The third kappa shape index (κ3) is 7.72. The SMILES string of the molecule is C=CC1CC1(NC(=O)[C@@H]1C[C@@H](Oc2c3ccc(OC)cc3nc3c2oc2ccc(OC)cc23)CN1C(=O)[C@@H](NC(=O)OC1CCCC1)C(C)C)C(=O)NS(=O)(=O)C1CC1. The Bertz CT molecular complexity index is 2460. The number of methoxy groups -OCH3 is 2. The minimum absolute atomic E-state index is 0.0265. The van der Waals surface area contributed by atoms with Crippen LogP contribution in [0.3, 0.4) is 0 Å². The smallest absolute Gasteiger partial charge is 0.408 e. The summed E-state index contributed by atoms with van der Waals surface area (Å²) < 4.78 is 57.6. The van der Waals surface area contributed by atoms with Crippen molar-refractivity contribution in [1.29, 1.82) is 0 Å². The monoisotopic (exact) mass is 831 g/mol. The highest BCUT2D eigenvalue weighted by molar-refractivity contribution is 7.91. The molecule has 17 heteroatoms. The van der Waals surface area contributed by atoms with Crippen LogP contribution in [0, 0.1) is 11.8 Å². The summed E-state index contributed by atoms with van der Waals surface area (Å²) in [5.74, 6) is -1.56. The molecule has 5 atom stereocenters. The molecule has 59 heavy (non-hydrogen) atoms. The molecule has 2 aromatic heterocycles. The van der Waals surface area contributed by atoms with Crippen LogP contribution in [0.25, 0.3) is 33.0 Å². The highest BCUT2D eigenvalue weighted by atomic mass is 32.2. The number of benzene rings is 2. The van der Waals surface area contributed by atoms with Gasteiger partial charge in [0.05, 0.1) is 36.9 Å². The molecule has 0 radical (unpaired) electrons. The maximum absolute atomic E-state index is 14.6. The topological polar surface area (TPSA) is 205 Å². The van der Waals surface area contributed by atoms with Gasteiger partial charge in [0.1, 0.15) is 52.4 Å². The molecule has 16 nitrogen and oxygen atoms in total. The summed E-state index contributed by atoms with van der Waals surface area (Å²) >= 11 is 0. The molecular formula is C42H49N5O11S. The summed E-state index contributed by atoms with van der Waals surface area (Å²) in [5, 5.41) is 6.17. The van der Waals surface area contributed by atoms with Crippen molar-refractivity contribution in [2.24, 2.45) is 11.8 Å². The van der Waals surface area contributed by atoms with Gasteiger partial charge >= 0.3 is 6.09 Å². The van der Waals surface area contributed by atoms with Crippen LogP contribution in [-0.4, -0.2) is 98.0 Å². The molecule has 1 saturated heterocycles. The van der Waals surface area contributed by atoms with E-state index in [1.807, 2.05) is 6.07 Å². The zero-order valence-electron chi connectivity index (χ0n) is 33.4. The van der Waals surface area contributed by atoms with Crippen LogP contribution < -0.4 is 29.6 Å². The Morgan fingerprint density at radius 1 is 0.983 bits per heavy atom. The van der Waals surface area contributed by atoms with Gasteiger partial charge in [0.25, 0.3) is 5.91 Å². The van der Waals surface area contributed by atoms with Gasteiger partial charge in [0.2, 0.25) is 21.8 Å². The lowest BCUT2D eigenvalue weighted by molar-refractivity contribution is -0.141. The van der Waals surface area contributed by atoms with Crippen LogP contribution in [0.1, 0.15) is 65.2 Å². The van der Waals surface area contributed by atoms with Crippen molar-refractivity contribution in [2.45, 2.75) is 100 Å². The molecule has 4 amide bonds. The number of hydrogen-bond acceptors (Lipinski definition) is 12. The third-order valence-corrected chi connectivity index (χ3v) is 13.7. The number of ether oxygens (including phenoxy) is 4. The molecule has 8 rings (SSSR count). The maximum atomic E-state index is 14.6. The van der Waals surface area contributed by atoms with Gasteiger partial charge in [0, 0.05) is 23.8 Å². The van der Waals surface area contributed by atoms with Gasteiger partial charge < -0.3 is 38.9 Å². The van der Waals surface area contributed by atoms with Crippen LogP contribution in [-0.2, 0) is 29.1 Å². The Morgan fingerprint density at radius 3 is 2.36 bits per heavy atom. The van der Waals surface area contributed by atoms with Crippen LogP contribution in [0.15, 0.2) is 53.5 Å². The second kappa shape index (κ2) is 15.5. The average molecular weight is 832 g/mol. The first kappa shape index (κ1) is 40.2. The molecule has 3 saturated carbocycles. The zero-order valence-corrected chi connectivity index (χ0v) is 34.3. The van der Waals surface area contributed by atoms with Crippen molar-refractivity contribution in [3.8, 4) is 17.2 Å². The highest BCUT2D eigenvalue weighted by Crippen LogP contribution is 2.46. The number of nitrogens with zero attached hydrogens (tertiary/aromatic N) is 2. The first-order valence-corrected chi connectivity index (χ1v) is 21.6. The number of nitrogens with one attached hydrogen (secondary N) is 3. The Balaban J connectivity index is 1.14. The van der Waals surface area contributed by atoms with Gasteiger partial charge in [-0.2, -0.15) is 0 Å². The Kier molecular flexibility index (Phi) is 10.6. The number of carbonyl (C=O) groups is 4. The van der Waals surface area contributed by atoms with E-state index >= 15 is 0 Å². The number of furan rings is 1. The molecule has 0 spiro atoms. The molecule has 2 aromatic carbocycles. The van der Waals surface area contributed by atoms with Crippen LogP contribution in [0.5, 0.6) is 17.2 Å². The van der Waals surface area contributed by atoms with Gasteiger partial charge in [0.15, 0.2) is 11.3 Å². The number of pyridine rings is 1. The first-order valence-electron chi connectivity index (χ1n) is 20.1. The number of fused-ring (bicyclic) bond motifs is 4. The van der Waals surface area contributed by atoms with E-state index in [1.165, 1.54) is 11.0 Å². The fraction of sp³-hybridized carbons (Fsp3) is 0.500. The number of likely N-dealkylation sites (tertiary alicyclic amines) is 1. The Morgan fingerprint density at radius 2 is 1.69 bits per heavy atom. The van der Waals surface area contributed by atoms with Gasteiger partial charge in [-0.15, -0.1) is 6.58 Å². The summed E-state index contributed by atoms with van der Waals surface area (Å²) in [7, 11) is -0.813. The Hall–Kier alpha value is -5.58. The van der Waals surface area contributed by atoms with Crippen molar-refractivity contribution in [3.63, 3.8) is 0 Å². The van der Waals surface area contributed by atoms with Crippen LogP contribution in [0.2, 0.25) is 0 Å². The van der Waals surface area contributed by atoms with Crippen molar-refractivity contribution in [2.75, 3.05) is 20.8 Å². The standard InChI is InChI=1S/C42H49N5O11S/c1-6-23-20-42(23,40(50)46-59(52,53)28-13-14-28)45-38(48)32-19-27(21-47(32)39(49)34(22(2)3)44-41(51)57-24-9-7-8-10-24)56-36-29-15-11-26(55-5)18-31(29)43-35-30-17-25(54-4)12-16-33(30)58-37(35)36/h6,11-12,15-18,22-24,27-28,32,34H,1,7-10,13-14,19-21H2,2-5H3,(H,44,51)(H,45,48)(H,46,50)/t23?,27-,32+,34+,42?/m1/s1. The van der Waals surface area contributed by atoms with Crippen LogP contribution >= 0.6 is 0 Å². The molecule has 1 aliphatic heterocycles. The number of rotatable bonds is 14. The highest BCUT2D eigenvalue weighted by Gasteiger charge is 2.62. The molecule has 314 valence electrons. The third-order valence-electron chi connectivity index (χ3n) is 11.9. The predicted octanol–water partition coefficient (Wildman–Crippen LogP) is 4.86. The fourth-order valence-electron chi connectivity index (χ4n) is 8.31. The second-order valence-electron chi connectivity index (χ2n) is 16.3. The molecule has 4 fully saturated rings. The number of alkyl carbamates (subject to hydrolysis) is 1. The molecule has 4 aromatic rings. The fourth-order valence-corrected chi connectivity index (χ4v) is 9.67. The van der Waals surface area contributed by atoms with Gasteiger partial charge in [-0.1, -0.05) is 19.9 Å². The van der Waals surface area contributed by atoms with E-state index in [0.717, 1.165) is 25.7 Å². The molecule has 4 aliphatic rings. The van der Waals surface area contributed by atoms with Crippen molar-refractivity contribution in [1.82, 2.24) is 25.2 Å². The van der Waals surface area contributed by atoms with E-state index < -0.39 is 74.7 Å². The summed E-state index contributed by atoms with van der Waals surface area (Å²) in [6, 6.07) is 8.41. The van der Waals surface area contributed by atoms with Gasteiger partial charge in [-0.05, 0) is 81.2 Å². The van der Waals surface area contributed by atoms with Crippen molar-refractivity contribution >= 4 is 66.8 Å². The molecule has 0 bridgehead atoms. The van der Waals surface area contributed by atoms with E-state index in [1.54, 1.807) is 58.4 Å². The molecule has 3 heterocycles. The minimum atomic E-state index is -3.93. The van der Waals surface area contributed by atoms with E-state index in [9.17, 15) is 27.6 Å². The van der Waals surface area contributed by atoms with E-state index in [4.69, 9.17) is 28.3 Å². The number of carbonyl (C=O) groups excluding carboxylic acids is 4. The summed E-state index contributed by atoms with van der Waals surface area (Å²) in [4.78, 5) is 62.2. The number of aromatic nitrogens is 1. The summed E-state index contributed by atoms with van der Waals surface area (Å²) in [6.07, 6.45) is 4.10. The summed E-state index contributed by atoms with van der Waals surface area (Å²) in [6.45, 7) is 7.27. The lowest BCUT2D eigenvalue weighted by atomic mass is 10.0. The average Bonchev–Trinajstić information content (AvgIpc) is 4.04. The number of sulfonamides is 1. The second-order valence-corrected chi connectivity index (χ2v) is 18.3. The number of amides is 4. The van der Waals surface area contributed by atoms with Gasteiger partial charge in [-0.25, -0.2) is 18.2 Å². The van der Waals surface area contributed by atoms with Crippen LogP contribution in [0.4, 0.5) is 4.79 Å². The maximum Gasteiger partial charge on any atom is 0.408 e. The molecular weight excluding hydrogens is 783 g/mol. The lowest BCUT2D eigenvalue weighted by Crippen LogP contribution is -2.59. The van der Waals surface area contributed by atoms with Crippen molar-refractivity contribution < 1.29 is 51.0 Å².